The van der Waals surface area contributed by atoms with Gasteiger partial charge < -0.3 is 9.47 Å². The maximum absolute atomic E-state index is 13.5. The summed E-state index contributed by atoms with van der Waals surface area (Å²) in [5.74, 6) is -2.86. The summed E-state index contributed by atoms with van der Waals surface area (Å²) in [6.07, 6.45) is -1.34. The fourth-order valence-electron chi connectivity index (χ4n) is 4.13. The van der Waals surface area contributed by atoms with Crippen molar-refractivity contribution >= 4 is 77.4 Å². The fourth-order valence-corrected chi connectivity index (χ4v) is 5.52. The minimum Gasteiger partial charge on any atom is -0.451 e. The summed E-state index contributed by atoms with van der Waals surface area (Å²) in [5.41, 5.74) is 2.29. The van der Waals surface area contributed by atoms with E-state index in [-0.39, 0.29) is 12.2 Å². The van der Waals surface area contributed by atoms with Crippen molar-refractivity contribution in [2.24, 2.45) is 0 Å². The molecule has 2 unspecified atom stereocenters. The lowest BCUT2D eigenvalue weighted by molar-refractivity contribution is -0.155. The molecule has 37 heavy (non-hydrogen) atoms. The number of esters is 2. The van der Waals surface area contributed by atoms with E-state index < -0.39 is 35.8 Å². The van der Waals surface area contributed by atoms with Crippen LogP contribution >= 0.6 is 31.9 Å². The Bertz CT molecular complexity index is 1540. The number of nitrogens with one attached hydrogen (secondary N) is 1. The van der Waals surface area contributed by atoms with Crippen LogP contribution in [0.15, 0.2) is 69.6 Å². The van der Waals surface area contributed by atoms with Gasteiger partial charge in [-0.3, -0.25) is 19.7 Å². The second kappa shape index (κ2) is 10.0. The minimum atomic E-state index is -1.14. The number of imide groups is 1. The average molecular weight is 626 g/mol. The van der Waals surface area contributed by atoms with E-state index in [2.05, 4.69) is 42.2 Å². The Morgan fingerprint density at radius 3 is 2.08 bits per heavy atom. The Morgan fingerprint density at radius 1 is 0.973 bits per heavy atom. The van der Waals surface area contributed by atoms with Gasteiger partial charge in [-0.1, -0.05) is 36.4 Å². The van der Waals surface area contributed by atoms with E-state index in [0.717, 1.165) is 0 Å². The molecule has 1 N–H and O–H groups in total. The Balaban J connectivity index is 1.43. The first kappa shape index (κ1) is 25.0. The molecular formula is C27H18Br2N2O6. The van der Waals surface area contributed by atoms with E-state index in [1.54, 1.807) is 19.1 Å². The summed E-state index contributed by atoms with van der Waals surface area (Å²) in [4.78, 5) is 53.9. The highest BCUT2D eigenvalue weighted by molar-refractivity contribution is 9.11. The first-order valence-electron chi connectivity index (χ1n) is 11.3. The van der Waals surface area contributed by atoms with Crippen LogP contribution in [0.5, 0.6) is 5.75 Å². The number of fused-ring (bicyclic) bond motifs is 2. The molecule has 2 atom stereocenters. The number of ether oxygens (including phenoxy) is 2. The lowest BCUT2D eigenvalue weighted by Gasteiger charge is -2.17. The summed E-state index contributed by atoms with van der Waals surface area (Å²) in [7, 11) is 0. The van der Waals surface area contributed by atoms with Crippen molar-refractivity contribution in [1.82, 2.24) is 10.3 Å². The third-order valence-corrected chi connectivity index (χ3v) is 7.22. The molecule has 186 valence electrons. The van der Waals surface area contributed by atoms with E-state index in [1.165, 1.54) is 0 Å². The predicted octanol–water partition coefficient (Wildman–Crippen LogP) is 5.19. The zero-order valence-electron chi connectivity index (χ0n) is 19.3. The number of carbonyl (C=O) groups excluding carboxylic acids is 4. The van der Waals surface area contributed by atoms with Crippen molar-refractivity contribution in [3.8, 4) is 5.75 Å². The number of hydrogen-bond donors (Lipinski definition) is 1. The third kappa shape index (κ3) is 4.86. The van der Waals surface area contributed by atoms with Crippen molar-refractivity contribution in [2.45, 2.75) is 25.4 Å². The standard InChI is InChI=1S/C27H18Br2N2O6/c1-13(26(34)36-21-12-22(32)31-25(21)33)14-10-17(28)24(18(29)11-14)37-27(35)23-15-6-2-4-8-19(15)30-20-9-5-3-7-16(20)23/h2-11,13,21H,12H2,1H3,(H,31,32,33). The van der Waals surface area contributed by atoms with Crippen LogP contribution in [0.1, 0.15) is 35.2 Å². The van der Waals surface area contributed by atoms with Gasteiger partial charge in [-0.2, -0.15) is 0 Å². The van der Waals surface area contributed by atoms with E-state index in [0.29, 0.717) is 41.9 Å². The van der Waals surface area contributed by atoms with Gasteiger partial charge in [-0.25, -0.2) is 9.78 Å². The van der Waals surface area contributed by atoms with Gasteiger partial charge in [-0.15, -0.1) is 0 Å². The quantitative estimate of drug-likeness (QED) is 0.141. The van der Waals surface area contributed by atoms with Crippen molar-refractivity contribution in [3.63, 3.8) is 0 Å². The van der Waals surface area contributed by atoms with Crippen LogP contribution < -0.4 is 10.1 Å². The number of hydrogen-bond acceptors (Lipinski definition) is 7. The summed E-state index contributed by atoms with van der Waals surface area (Å²) < 4.78 is 11.9. The molecule has 5 rings (SSSR count). The number of amides is 2. The molecule has 1 aromatic heterocycles. The Kier molecular flexibility index (Phi) is 6.78. The van der Waals surface area contributed by atoms with Crippen molar-refractivity contribution in [1.29, 1.82) is 0 Å². The topological polar surface area (TPSA) is 112 Å². The molecule has 0 bridgehead atoms. The zero-order chi connectivity index (χ0) is 26.3. The highest BCUT2D eigenvalue weighted by Crippen LogP contribution is 2.38. The number of carbonyl (C=O) groups is 4. The van der Waals surface area contributed by atoms with Crippen LogP contribution in [0.2, 0.25) is 0 Å². The van der Waals surface area contributed by atoms with Gasteiger partial charge in [0.15, 0.2) is 11.9 Å². The maximum Gasteiger partial charge on any atom is 0.344 e. The number of nitrogens with zero attached hydrogens (tertiary/aromatic N) is 1. The number of rotatable bonds is 5. The van der Waals surface area contributed by atoms with Gasteiger partial charge in [-0.05, 0) is 68.6 Å². The van der Waals surface area contributed by atoms with Crippen LogP contribution in [0.3, 0.4) is 0 Å². The monoisotopic (exact) mass is 624 g/mol. The van der Waals surface area contributed by atoms with E-state index >= 15 is 0 Å². The molecule has 2 heterocycles. The number of halogens is 2. The van der Waals surface area contributed by atoms with Gasteiger partial charge in [0.25, 0.3) is 5.91 Å². The van der Waals surface area contributed by atoms with Crippen LogP contribution in [-0.2, 0) is 19.1 Å². The maximum atomic E-state index is 13.5. The lowest BCUT2D eigenvalue weighted by Crippen LogP contribution is -2.29. The van der Waals surface area contributed by atoms with Crippen LogP contribution in [0.4, 0.5) is 0 Å². The summed E-state index contributed by atoms with van der Waals surface area (Å²) in [6.45, 7) is 1.62. The molecule has 10 heteroatoms. The third-order valence-electron chi connectivity index (χ3n) is 6.04. The molecule has 4 aromatic rings. The number of aromatic nitrogens is 1. The highest BCUT2D eigenvalue weighted by Gasteiger charge is 2.35. The molecule has 8 nitrogen and oxygen atoms in total. The van der Waals surface area contributed by atoms with Gasteiger partial charge in [0.2, 0.25) is 5.91 Å². The smallest absolute Gasteiger partial charge is 0.344 e. The molecule has 3 aromatic carbocycles. The van der Waals surface area contributed by atoms with E-state index in [1.807, 2.05) is 48.5 Å². The average Bonchev–Trinajstić information content (AvgIpc) is 3.19. The highest BCUT2D eigenvalue weighted by atomic mass is 79.9. The first-order chi connectivity index (χ1) is 17.7. The summed E-state index contributed by atoms with van der Waals surface area (Å²) in [5, 5.41) is 3.44. The zero-order valence-corrected chi connectivity index (χ0v) is 22.5. The Hall–Kier alpha value is -3.63. The van der Waals surface area contributed by atoms with Crippen molar-refractivity contribution in [3.05, 3.63) is 80.7 Å². The molecule has 1 aliphatic heterocycles. The molecule has 0 saturated carbocycles. The summed E-state index contributed by atoms with van der Waals surface area (Å²) >= 11 is 6.88. The molecule has 0 spiro atoms. The number of para-hydroxylation sites is 2. The van der Waals surface area contributed by atoms with Crippen LogP contribution in [0, 0.1) is 0 Å². The fraction of sp³-hybridized carbons (Fsp3) is 0.148. The lowest BCUT2D eigenvalue weighted by atomic mass is 10.0. The molecule has 0 radical (unpaired) electrons. The largest absolute Gasteiger partial charge is 0.451 e. The molecule has 1 fully saturated rings. The summed E-state index contributed by atoms with van der Waals surface area (Å²) in [6, 6.07) is 18.0. The Morgan fingerprint density at radius 2 is 1.54 bits per heavy atom. The minimum absolute atomic E-state index is 0.196. The van der Waals surface area contributed by atoms with Crippen molar-refractivity contribution in [2.75, 3.05) is 0 Å². The number of pyridine rings is 1. The van der Waals surface area contributed by atoms with Gasteiger partial charge >= 0.3 is 11.9 Å². The van der Waals surface area contributed by atoms with Crippen LogP contribution in [0.25, 0.3) is 21.8 Å². The first-order valence-corrected chi connectivity index (χ1v) is 12.8. The normalized spacial score (nSPS) is 16.0. The predicted molar refractivity (Wildman–Crippen MR) is 142 cm³/mol. The molecule has 1 aliphatic rings. The van der Waals surface area contributed by atoms with Crippen LogP contribution in [-0.4, -0.2) is 34.8 Å². The number of benzene rings is 3. The SMILES string of the molecule is CC(C(=O)OC1CC(=O)NC1=O)c1cc(Br)c(OC(=O)c2c3ccccc3nc3ccccc23)c(Br)c1. The van der Waals surface area contributed by atoms with Gasteiger partial charge in [0.05, 0.1) is 37.9 Å². The molecule has 2 amide bonds. The molecule has 0 aliphatic carbocycles. The second-order valence-electron chi connectivity index (χ2n) is 8.49. The van der Waals surface area contributed by atoms with E-state index in [9.17, 15) is 19.2 Å². The Labute approximate surface area is 227 Å². The van der Waals surface area contributed by atoms with Gasteiger partial charge in [0.1, 0.15) is 0 Å². The van der Waals surface area contributed by atoms with Gasteiger partial charge in [0, 0.05) is 10.8 Å². The molecule has 1 saturated heterocycles. The molecular weight excluding hydrogens is 608 g/mol. The second-order valence-corrected chi connectivity index (χ2v) is 10.2. The van der Waals surface area contributed by atoms with Crippen molar-refractivity contribution < 1.29 is 28.7 Å². The van der Waals surface area contributed by atoms with E-state index in [4.69, 9.17) is 9.47 Å².